The Bertz CT molecular complexity index is 458. The maximum atomic E-state index is 11.8. The average molecular weight is 288 g/mol. The topological polar surface area (TPSA) is 49.3 Å². The van der Waals surface area contributed by atoms with E-state index < -0.39 is 0 Å². The van der Waals surface area contributed by atoms with Gasteiger partial charge >= 0.3 is 0 Å². The fraction of sp³-hybridized carbons (Fsp3) is 0.462. The molecule has 2 N–H and O–H groups in total. The van der Waals surface area contributed by atoms with Gasteiger partial charge in [0.05, 0.1) is 13.0 Å². The Kier molecular flexibility index (Phi) is 4.15. The Hall–Kier alpha value is -0.770. The third kappa shape index (κ3) is 3.37. The summed E-state index contributed by atoms with van der Waals surface area (Å²) in [4.78, 5) is 11.8. The standard InChI is InChI=1S/C13H15Cl2NO2/c14-10-2-1-9(11(15)6-10)5-12(18)16-7-13(8-17)3-4-13/h1-2,6,17H,3-5,7-8H2,(H,16,18). The molecule has 0 aromatic heterocycles. The van der Waals surface area contributed by atoms with Crippen LogP contribution in [0.1, 0.15) is 18.4 Å². The summed E-state index contributed by atoms with van der Waals surface area (Å²) >= 11 is 11.8. The number of nitrogens with one attached hydrogen (secondary N) is 1. The lowest BCUT2D eigenvalue weighted by Gasteiger charge is -2.13. The number of halogens is 2. The van der Waals surface area contributed by atoms with Gasteiger partial charge in [-0.3, -0.25) is 4.79 Å². The summed E-state index contributed by atoms with van der Waals surface area (Å²) < 4.78 is 0. The maximum Gasteiger partial charge on any atom is 0.224 e. The van der Waals surface area contributed by atoms with Crippen molar-refractivity contribution in [2.24, 2.45) is 5.41 Å². The van der Waals surface area contributed by atoms with Gasteiger partial charge in [-0.15, -0.1) is 0 Å². The normalized spacial score (nSPS) is 16.4. The van der Waals surface area contributed by atoms with Crippen molar-refractivity contribution in [2.45, 2.75) is 19.3 Å². The molecule has 18 heavy (non-hydrogen) atoms. The van der Waals surface area contributed by atoms with Crippen LogP contribution in [0.25, 0.3) is 0 Å². The Morgan fingerprint density at radius 3 is 2.67 bits per heavy atom. The molecule has 0 spiro atoms. The summed E-state index contributed by atoms with van der Waals surface area (Å²) in [5, 5.41) is 13.0. The van der Waals surface area contributed by atoms with Gasteiger partial charge < -0.3 is 10.4 Å². The van der Waals surface area contributed by atoms with Crippen molar-refractivity contribution in [2.75, 3.05) is 13.2 Å². The van der Waals surface area contributed by atoms with Crippen LogP contribution in [0.5, 0.6) is 0 Å². The van der Waals surface area contributed by atoms with Crippen LogP contribution in [0.3, 0.4) is 0 Å². The number of rotatable bonds is 5. The van der Waals surface area contributed by atoms with Crippen molar-refractivity contribution in [1.82, 2.24) is 5.32 Å². The van der Waals surface area contributed by atoms with Gasteiger partial charge in [0, 0.05) is 22.0 Å². The van der Waals surface area contributed by atoms with E-state index in [9.17, 15) is 4.79 Å². The Morgan fingerprint density at radius 2 is 2.11 bits per heavy atom. The van der Waals surface area contributed by atoms with E-state index in [-0.39, 0.29) is 24.3 Å². The lowest BCUT2D eigenvalue weighted by Crippen LogP contribution is -2.32. The third-order valence-corrected chi connectivity index (χ3v) is 3.91. The number of benzene rings is 1. The number of aliphatic hydroxyl groups is 1. The van der Waals surface area contributed by atoms with E-state index in [1.807, 2.05) is 0 Å². The zero-order chi connectivity index (χ0) is 13.2. The van der Waals surface area contributed by atoms with Crippen molar-refractivity contribution in [3.63, 3.8) is 0 Å². The summed E-state index contributed by atoms with van der Waals surface area (Å²) in [6, 6.07) is 5.09. The molecule has 0 heterocycles. The Morgan fingerprint density at radius 1 is 1.39 bits per heavy atom. The molecule has 1 saturated carbocycles. The highest BCUT2D eigenvalue weighted by molar-refractivity contribution is 6.35. The second-order valence-electron chi connectivity index (χ2n) is 4.85. The van der Waals surface area contributed by atoms with Gasteiger partial charge in [0.15, 0.2) is 0 Å². The molecule has 98 valence electrons. The van der Waals surface area contributed by atoms with Gasteiger partial charge in [-0.05, 0) is 30.5 Å². The number of carbonyl (C=O) groups excluding carboxylic acids is 1. The molecule has 1 aliphatic rings. The molecule has 0 radical (unpaired) electrons. The highest BCUT2D eigenvalue weighted by Crippen LogP contribution is 2.44. The van der Waals surface area contributed by atoms with Crippen molar-refractivity contribution < 1.29 is 9.90 Å². The maximum absolute atomic E-state index is 11.8. The van der Waals surface area contributed by atoms with E-state index in [2.05, 4.69) is 5.32 Å². The summed E-state index contributed by atoms with van der Waals surface area (Å²) in [7, 11) is 0. The smallest absolute Gasteiger partial charge is 0.224 e. The van der Waals surface area contributed by atoms with Crippen LogP contribution in [-0.2, 0) is 11.2 Å². The quantitative estimate of drug-likeness (QED) is 0.874. The number of carbonyl (C=O) groups is 1. The minimum absolute atomic E-state index is 0.0700. The molecule has 0 unspecified atom stereocenters. The molecule has 1 aromatic carbocycles. The minimum atomic E-state index is -0.0843. The van der Waals surface area contributed by atoms with Gasteiger partial charge in [0.25, 0.3) is 0 Å². The van der Waals surface area contributed by atoms with Crippen LogP contribution in [0.4, 0.5) is 0 Å². The molecule has 1 fully saturated rings. The summed E-state index contributed by atoms with van der Waals surface area (Å²) in [6.07, 6.45) is 2.19. The lowest BCUT2D eigenvalue weighted by molar-refractivity contribution is -0.120. The fourth-order valence-corrected chi connectivity index (χ4v) is 2.23. The van der Waals surface area contributed by atoms with E-state index in [1.165, 1.54) is 0 Å². The Labute approximate surface area is 116 Å². The third-order valence-electron chi connectivity index (χ3n) is 3.32. The van der Waals surface area contributed by atoms with Gasteiger partial charge in [0.2, 0.25) is 5.91 Å². The first kappa shape index (κ1) is 13.7. The first-order valence-corrected chi connectivity index (χ1v) is 6.62. The molecular weight excluding hydrogens is 273 g/mol. The molecule has 1 amide bonds. The van der Waals surface area contributed by atoms with E-state index in [0.717, 1.165) is 18.4 Å². The fourth-order valence-electron chi connectivity index (χ4n) is 1.75. The van der Waals surface area contributed by atoms with Crippen LogP contribution >= 0.6 is 23.2 Å². The average Bonchev–Trinajstić information content (AvgIpc) is 3.11. The predicted molar refractivity (Wildman–Crippen MR) is 71.9 cm³/mol. The molecule has 0 bridgehead atoms. The molecular formula is C13H15Cl2NO2. The minimum Gasteiger partial charge on any atom is -0.396 e. The van der Waals surface area contributed by atoms with E-state index >= 15 is 0 Å². The lowest BCUT2D eigenvalue weighted by atomic mass is 10.1. The number of amides is 1. The SMILES string of the molecule is O=C(Cc1ccc(Cl)cc1Cl)NCC1(CO)CC1. The number of hydrogen-bond acceptors (Lipinski definition) is 2. The molecule has 5 heteroatoms. The van der Waals surface area contributed by atoms with Crippen LogP contribution in [-0.4, -0.2) is 24.2 Å². The van der Waals surface area contributed by atoms with Gasteiger partial charge in [-0.1, -0.05) is 29.3 Å². The second kappa shape index (κ2) is 5.47. The zero-order valence-electron chi connectivity index (χ0n) is 9.88. The highest BCUT2D eigenvalue weighted by Gasteiger charge is 2.41. The second-order valence-corrected chi connectivity index (χ2v) is 5.69. The van der Waals surface area contributed by atoms with Gasteiger partial charge in [0.1, 0.15) is 0 Å². The molecule has 0 atom stereocenters. The molecule has 2 rings (SSSR count). The van der Waals surface area contributed by atoms with E-state index in [1.54, 1.807) is 18.2 Å². The molecule has 1 aliphatic carbocycles. The Balaban J connectivity index is 1.87. The van der Waals surface area contributed by atoms with Crippen molar-refractivity contribution >= 4 is 29.1 Å². The van der Waals surface area contributed by atoms with Crippen molar-refractivity contribution in [1.29, 1.82) is 0 Å². The molecule has 1 aromatic rings. The van der Waals surface area contributed by atoms with Crippen LogP contribution in [0, 0.1) is 5.41 Å². The molecule has 0 aliphatic heterocycles. The monoisotopic (exact) mass is 287 g/mol. The summed E-state index contributed by atoms with van der Waals surface area (Å²) in [5.74, 6) is -0.0843. The first-order valence-electron chi connectivity index (χ1n) is 5.86. The number of aliphatic hydroxyl groups excluding tert-OH is 1. The van der Waals surface area contributed by atoms with Gasteiger partial charge in [-0.2, -0.15) is 0 Å². The largest absolute Gasteiger partial charge is 0.396 e. The zero-order valence-corrected chi connectivity index (χ0v) is 11.4. The summed E-state index contributed by atoms with van der Waals surface area (Å²) in [6.45, 7) is 0.669. The molecule has 3 nitrogen and oxygen atoms in total. The van der Waals surface area contributed by atoms with E-state index in [4.69, 9.17) is 28.3 Å². The predicted octanol–water partition coefficient (Wildman–Crippen LogP) is 2.42. The van der Waals surface area contributed by atoms with Crippen LogP contribution < -0.4 is 5.32 Å². The highest BCUT2D eigenvalue weighted by atomic mass is 35.5. The number of hydrogen-bond donors (Lipinski definition) is 2. The van der Waals surface area contributed by atoms with Crippen molar-refractivity contribution in [3.05, 3.63) is 33.8 Å². The van der Waals surface area contributed by atoms with Gasteiger partial charge in [-0.25, -0.2) is 0 Å². The van der Waals surface area contributed by atoms with Crippen molar-refractivity contribution in [3.8, 4) is 0 Å². The van der Waals surface area contributed by atoms with Crippen LogP contribution in [0.2, 0.25) is 10.0 Å². The molecule has 0 saturated heterocycles. The van der Waals surface area contributed by atoms with Crippen LogP contribution in [0.15, 0.2) is 18.2 Å². The first-order chi connectivity index (χ1) is 8.54. The summed E-state index contributed by atoms with van der Waals surface area (Å²) in [5.41, 5.74) is 0.687. The van der Waals surface area contributed by atoms with E-state index in [0.29, 0.717) is 16.6 Å².